The fraction of sp³-hybridized carbons (Fsp3) is 0.308. The number of alkyl halides is 6. The maximum absolute atomic E-state index is 13.4. The summed E-state index contributed by atoms with van der Waals surface area (Å²) in [7, 11) is -4.35. The van der Waals surface area contributed by atoms with Crippen LogP contribution in [0.15, 0.2) is 78.9 Å². The molecular weight excluding hydrogens is 520 g/mol. The Bertz CT molecular complexity index is 1280. The molecule has 3 aromatic carbocycles. The summed E-state index contributed by atoms with van der Waals surface area (Å²) in [4.78, 5) is 1.74. The molecular formula is C26H23F6NO3S. The molecule has 1 fully saturated rings. The van der Waals surface area contributed by atoms with Crippen LogP contribution in [0.25, 0.3) is 0 Å². The van der Waals surface area contributed by atoms with Crippen molar-refractivity contribution in [2.45, 2.75) is 29.2 Å². The second kappa shape index (κ2) is 9.45. The Hall–Kier alpha value is -2.89. The quantitative estimate of drug-likeness (QED) is 0.409. The van der Waals surface area contributed by atoms with Crippen LogP contribution in [0.2, 0.25) is 0 Å². The molecule has 0 amide bonds. The number of likely N-dealkylation sites (tertiary alicyclic amines) is 1. The van der Waals surface area contributed by atoms with Crippen LogP contribution in [0, 0.1) is 0 Å². The summed E-state index contributed by atoms with van der Waals surface area (Å²) in [5, 5.41) is 9.37. The minimum absolute atomic E-state index is 0.0686. The van der Waals surface area contributed by atoms with Gasteiger partial charge in [-0.05, 0) is 34.9 Å². The van der Waals surface area contributed by atoms with E-state index in [9.17, 15) is 39.9 Å². The third-order valence-electron chi connectivity index (χ3n) is 6.38. The molecule has 1 atom stereocenters. The predicted octanol–water partition coefficient (Wildman–Crippen LogP) is 5.65. The fourth-order valence-corrected chi connectivity index (χ4v) is 6.55. The Morgan fingerprint density at radius 1 is 0.757 bits per heavy atom. The minimum Gasteiger partial charge on any atom is -0.385 e. The van der Waals surface area contributed by atoms with Crippen LogP contribution < -0.4 is 0 Å². The van der Waals surface area contributed by atoms with E-state index in [1.807, 2.05) is 36.4 Å². The van der Waals surface area contributed by atoms with Crippen molar-refractivity contribution in [3.8, 4) is 0 Å². The van der Waals surface area contributed by atoms with Gasteiger partial charge in [0.05, 0.1) is 17.2 Å². The first-order valence-electron chi connectivity index (χ1n) is 11.1. The molecule has 4 rings (SSSR count). The third-order valence-corrected chi connectivity index (χ3v) is 7.95. The summed E-state index contributed by atoms with van der Waals surface area (Å²) >= 11 is 0. The number of rotatable bonds is 6. The van der Waals surface area contributed by atoms with Crippen LogP contribution in [0.5, 0.6) is 0 Å². The number of benzene rings is 3. The molecule has 3 aromatic rings. The molecule has 0 saturated carbocycles. The first-order chi connectivity index (χ1) is 17.1. The van der Waals surface area contributed by atoms with Gasteiger partial charge in [-0.25, -0.2) is 8.42 Å². The van der Waals surface area contributed by atoms with Crippen molar-refractivity contribution in [1.29, 1.82) is 0 Å². The Labute approximate surface area is 210 Å². The number of sulfone groups is 1. The summed E-state index contributed by atoms with van der Waals surface area (Å²) in [5.41, 5.74) is -4.52. The van der Waals surface area contributed by atoms with E-state index in [1.54, 1.807) is 29.2 Å². The van der Waals surface area contributed by atoms with Gasteiger partial charge in [0.1, 0.15) is 10.9 Å². The second-order valence-electron chi connectivity index (χ2n) is 9.28. The summed E-state index contributed by atoms with van der Waals surface area (Å²) < 4.78 is 106. The molecule has 198 valence electrons. The van der Waals surface area contributed by atoms with Crippen LogP contribution in [-0.2, 0) is 22.2 Å². The molecule has 1 aliphatic rings. The summed E-state index contributed by atoms with van der Waals surface area (Å²) in [6, 6.07) is 18.4. The van der Waals surface area contributed by atoms with Crippen molar-refractivity contribution < 1.29 is 39.9 Å². The number of hydrogen-bond donors (Lipinski definition) is 1. The Morgan fingerprint density at radius 3 is 1.51 bits per heavy atom. The van der Waals surface area contributed by atoms with Crippen LogP contribution in [-0.4, -0.2) is 43.4 Å². The molecule has 4 nitrogen and oxygen atoms in total. The Morgan fingerprint density at radius 2 is 1.16 bits per heavy atom. The van der Waals surface area contributed by atoms with Crippen molar-refractivity contribution in [1.82, 2.24) is 4.90 Å². The van der Waals surface area contributed by atoms with Gasteiger partial charge in [-0.1, -0.05) is 60.7 Å². The van der Waals surface area contributed by atoms with Gasteiger partial charge in [-0.3, -0.25) is 4.90 Å². The van der Waals surface area contributed by atoms with Gasteiger partial charge in [-0.15, -0.1) is 0 Å². The largest absolute Gasteiger partial charge is 0.416 e. The first kappa shape index (κ1) is 27.2. The highest BCUT2D eigenvalue weighted by Crippen LogP contribution is 2.46. The lowest BCUT2D eigenvalue weighted by Gasteiger charge is -2.53. The van der Waals surface area contributed by atoms with Crippen LogP contribution in [0.4, 0.5) is 26.3 Å². The van der Waals surface area contributed by atoms with Gasteiger partial charge >= 0.3 is 12.4 Å². The molecule has 0 aliphatic carbocycles. The van der Waals surface area contributed by atoms with E-state index in [4.69, 9.17) is 0 Å². The molecule has 0 bridgehead atoms. The van der Waals surface area contributed by atoms with E-state index in [0.717, 1.165) is 11.1 Å². The normalized spacial score (nSPS) is 17.4. The second-order valence-corrected chi connectivity index (χ2v) is 11.4. The average molecular weight is 544 g/mol. The van der Waals surface area contributed by atoms with E-state index < -0.39 is 55.8 Å². The maximum Gasteiger partial charge on any atom is 0.416 e. The lowest BCUT2D eigenvalue weighted by atomic mass is 9.82. The number of aliphatic hydroxyl groups is 1. The smallest absolute Gasteiger partial charge is 0.385 e. The predicted molar refractivity (Wildman–Crippen MR) is 125 cm³/mol. The molecule has 1 unspecified atom stereocenters. The summed E-state index contributed by atoms with van der Waals surface area (Å²) in [5.74, 6) is 0. The van der Waals surface area contributed by atoms with E-state index in [2.05, 4.69) is 0 Å². The lowest BCUT2D eigenvalue weighted by Crippen LogP contribution is -2.66. The number of hydrogen-bond acceptors (Lipinski definition) is 4. The van der Waals surface area contributed by atoms with Crippen LogP contribution in [0.1, 0.15) is 39.1 Å². The van der Waals surface area contributed by atoms with E-state index in [-0.39, 0.29) is 19.2 Å². The van der Waals surface area contributed by atoms with Crippen LogP contribution >= 0.6 is 0 Å². The van der Waals surface area contributed by atoms with Gasteiger partial charge < -0.3 is 5.11 Å². The lowest BCUT2D eigenvalue weighted by molar-refractivity contribution is -0.143. The summed E-state index contributed by atoms with van der Waals surface area (Å²) in [6.07, 6.45) is -9.62. The van der Waals surface area contributed by atoms with E-state index in [0.29, 0.717) is 18.4 Å². The van der Waals surface area contributed by atoms with Gasteiger partial charge in [0.2, 0.25) is 0 Å². The third kappa shape index (κ3) is 5.68. The number of nitrogens with zero attached hydrogens (tertiary/aromatic N) is 1. The van der Waals surface area contributed by atoms with Crippen molar-refractivity contribution >= 4 is 9.84 Å². The minimum atomic E-state index is -5.15. The molecule has 1 heterocycles. The van der Waals surface area contributed by atoms with E-state index in [1.165, 1.54) is 0 Å². The zero-order valence-corrected chi connectivity index (χ0v) is 20.3. The molecule has 1 N–H and O–H groups in total. The van der Waals surface area contributed by atoms with Gasteiger partial charge in [0.25, 0.3) is 0 Å². The SMILES string of the molecule is CS(=O)(=O)C(c1cc(C(F)(F)F)cc(C(F)(F)F)c1)C1(O)CN(C(c2ccccc2)c2ccccc2)C1. The molecule has 1 aliphatic heterocycles. The standard InChI is InChI=1S/C26H23F6NO3S/c1-37(35,36)23(19-12-20(25(27,28)29)14-21(13-19)26(30,31)32)24(34)15-33(16-24)22(17-8-4-2-5-9-17)18-10-6-3-7-11-18/h2-14,22-23,34H,15-16H2,1H3. The molecule has 37 heavy (non-hydrogen) atoms. The zero-order chi connectivity index (χ0) is 27.2. The molecule has 11 heteroatoms. The number of β-amino-alcohol motifs (C(OH)–C–C–N with tert-alkyl or cyclic N) is 1. The monoisotopic (exact) mass is 543 g/mol. The molecule has 0 aromatic heterocycles. The van der Waals surface area contributed by atoms with Crippen molar-refractivity contribution in [2.24, 2.45) is 0 Å². The van der Waals surface area contributed by atoms with Crippen molar-refractivity contribution in [3.05, 3.63) is 107 Å². The van der Waals surface area contributed by atoms with E-state index >= 15 is 0 Å². The van der Waals surface area contributed by atoms with Gasteiger partial charge in [0, 0.05) is 19.3 Å². The van der Waals surface area contributed by atoms with Gasteiger partial charge in [-0.2, -0.15) is 26.3 Å². The molecule has 1 saturated heterocycles. The molecule has 0 radical (unpaired) electrons. The topological polar surface area (TPSA) is 57.6 Å². The highest BCUT2D eigenvalue weighted by Gasteiger charge is 2.55. The highest BCUT2D eigenvalue weighted by atomic mass is 32.2. The fourth-order valence-electron chi connectivity index (χ4n) is 4.98. The first-order valence-corrected chi connectivity index (χ1v) is 13.1. The van der Waals surface area contributed by atoms with Crippen LogP contribution in [0.3, 0.4) is 0 Å². The Balaban J connectivity index is 1.76. The Kier molecular flexibility index (Phi) is 6.93. The average Bonchev–Trinajstić information content (AvgIpc) is 2.77. The zero-order valence-electron chi connectivity index (χ0n) is 19.5. The van der Waals surface area contributed by atoms with Gasteiger partial charge in [0.15, 0.2) is 9.84 Å². The van der Waals surface area contributed by atoms with Crippen molar-refractivity contribution in [2.75, 3.05) is 19.3 Å². The maximum atomic E-state index is 13.4. The van der Waals surface area contributed by atoms with Crippen molar-refractivity contribution in [3.63, 3.8) is 0 Å². The summed E-state index contributed by atoms with van der Waals surface area (Å²) in [6.45, 7) is -0.590. The highest BCUT2D eigenvalue weighted by molar-refractivity contribution is 7.91. The number of halogens is 6. The molecule has 0 spiro atoms.